The molecule has 0 spiro atoms. The smallest absolute Gasteiger partial charge is 0.295 e. The van der Waals surface area contributed by atoms with Gasteiger partial charge in [-0.15, -0.1) is 0 Å². The molecule has 1 aromatic heterocycles. The van der Waals surface area contributed by atoms with Gasteiger partial charge in [0.05, 0.1) is 23.7 Å². The van der Waals surface area contributed by atoms with E-state index >= 15 is 0 Å². The summed E-state index contributed by atoms with van der Waals surface area (Å²) < 4.78 is 11.0. The van der Waals surface area contributed by atoms with Crippen LogP contribution in [0.3, 0.4) is 0 Å². The van der Waals surface area contributed by atoms with Crippen LogP contribution in [-0.4, -0.2) is 48.9 Å². The van der Waals surface area contributed by atoms with Crippen LogP contribution in [0.1, 0.15) is 6.92 Å². The van der Waals surface area contributed by atoms with Crippen LogP contribution in [0.2, 0.25) is 0 Å². The van der Waals surface area contributed by atoms with Gasteiger partial charge >= 0.3 is 0 Å². The summed E-state index contributed by atoms with van der Waals surface area (Å²) in [5.74, 6) is 0.709. The molecule has 1 saturated heterocycles. The molecule has 1 aliphatic rings. The maximum atomic E-state index is 11.4. The van der Waals surface area contributed by atoms with E-state index in [4.69, 9.17) is 9.47 Å². The number of pyridine rings is 1. The highest BCUT2D eigenvalue weighted by atomic mass is 16.6. The van der Waals surface area contributed by atoms with E-state index in [1.807, 2.05) is 37.3 Å². The van der Waals surface area contributed by atoms with Gasteiger partial charge in [0.15, 0.2) is 5.69 Å². The first-order chi connectivity index (χ1) is 12.1. The lowest BCUT2D eigenvalue weighted by Crippen LogP contribution is -2.48. The number of aromatic nitrogens is 1. The largest absolute Gasteiger partial charge is 0.382 e. The molecule has 1 fully saturated rings. The van der Waals surface area contributed by atoms with Crippen molar-refractivity contribution in [2.24, 2.45) is 0 Å². The van der Waals surface area contributed by atoms with Crippen molar-refractivity contribution in [2.45, 2.75) is 19.1 Å². The lowest BCUT2D eigenvalue weighted by atomic mass is 10.1. The van der Waals surface area contributed by atoms with Crippen molar-refractivity contribution in [3.8, 4) is 11.3 Å². The highest BCUT2D eigenvalue weighted by Gasteiger charge is 2.27. The third-order valence-corrected chi connectivity index (χ3v) is 4.11. The third kappa shape index (κ3) is 3.94. The van der Waals surface area contributed by atoms with Crippen LogP contribution in [-0.2, 0) is 9.47 Å². The molecule has 0 radical (unpaired) electrons. The number of morpholine rings is 1. The first kappa shape index (κ1) is 17.3. The molecule has 2 aromatic rings. The summed E-state index contributed by atoms with van der Waals surface area (Å²) in [6.07, 6.45) is -0.0167. The van der Waals surface area contributed by atoms with Gasteiger partial charge in [0.2, 0.25) is 0 Å². The van der Waals surface area contributed by atoms with E-state index < -0.39 is 4.92 Å². The fourth-order valence-corrected chi connectivity index (χ4v) is 3.08. The number of nitrogens with zero attached hydrogens (tertiary/aromatic N) is 3. The lowest BCUT2D eigenvalue weighted by molar-refractivity contribution is -0.384. The van der Waals surface area contributed by atoms with Gasteiger partial charge in [0, 0.05) is 31.8 Å². The van der Waals surface area contributed by atoms with Crippen molar-refractivity contribution < 1.29 is 14.4 Å². The average Bonchev–Trinajstić information content (AvgIpc) is 2.61. The number of rotatable bonds is 5. The number of ether oxygens (including phenoxy) is 2. The topological polar surface area (TPSA) is 77.7 Å². The lowest BCUT2D eigenvalue weighted by Gasteiger charge is -2.37. The second kappa shape index (κ2) is 7.58. The van der Waals surface area contributed by atoms with E-state index in [2.05, 4.69) is 9.88 Å². The van der Waals surface area contributed by atoms with E-state index in [0.717, 1.165) is 5.56 Å². The van der Waals surface area contributed by atoms with E-state index in [-0.39, 0.29) is 17.9 Å². The number of hydrogen-bond donors (Lipinski definition) is 0. The molecule has 0 amide bonds. The molecule has 132 valence electrons. The molecule has 1 aliphatic heterocycles. The van der Waals surface area contributed by atoms with Crippen molar-refractivity contribution in [3.63, 3.8) is 0 Å². The van der Waals surface area contributed by atoms with Gasteiger partial charge in [-0.3, -0.25) is 10.1 Å². The second-order valence-corrected chi connectivity index (χ2v) is 6.09. The SMILES string of the molecule is COCC1CN(c2ccc([N+](=O)[O-])c(-c3ccccc3)n2)CC(C)O1. The number of nitro groups is 1. The number of hydrogen-bond acceptors (Lipinski definition) is 6. The first-order valence-corrected chi connectivity index (χ1v) is 8.18. The minimum atomic E-state index is -0.394. The van der Waals surface area contributed by atoms with Crippen LogP contribution in [0.25, 0.3) is 11.3 Å². The van der Waals surface area contributed by atoms with Crippen LogP contribution >= 0.6 is 0 Å². The minimum Gasteiger partial charge on any atom is -0.382 e. The first-order valence-electron chi connectivity index (χ1n) is 8.18. The number of anilines is 1. The fourth-order valence-electron chi connectivity index (χ4n) is 3.08. The van der Waals surface area contributed by atoms with Gasteiger partial charge in [0.1, 0.15) is 5.82 Å². The molecular formula is C18H21N3O4. The molecule has 0 aliphatic carbocycles. The van der Waals surface area contributed by atoms with Gasteiger partial charge < -0.3 is 14.4 Å². The molecule has 3 rings (SSSR count). The van der Waals surface area contributed by atoms with Gasteiger partial charge in [-0.1, -0.05) is 30.3 Å². The Bertz CT molecular complexity index is 738. The Morgan fingerprint density at radius 1 is 1.28 bits per heavy atom. The van der Waals surface area contributed by atoms with Gasteiger partial charge in [-0.25, -0.2) is 4.98 Å². The third-order valence-electron chi connectivity index (χ3n) is 4.11. The minimum absolute atomic E-state index is 0.00435. The van der Waals surface area contributed by atoms with Crippen LogP contribution in [0.4, 0.5) is 11.5 Å². The molecule has 7 nitrogen and oxygen atoms in total. The van der Waals surface area contributed by atoms with Crippen molar-refractivity contribution in [3.05, 3.63) is 52.6 Å². The molecule has 0 saturated carbocycles. The molecule has 2 atom stereocenters. The molecule has 2 heterocycles. The molecule has 0 N–H and O–H groups in total. The fraction of sp³-hybridized carbons (Fsp3) is 0.389. The van der Waals surface area contributed by atoms with Gasteiger partial charge in [0.25, 0.3) is 5.69 Å². The maximum Gasteiger partial charge on any atom is 0.295 e. The number of methoxy groups -OCH3 is 1. The average molecular weight is 343 g/mol. The van der Waals surface area contributed by atoms with Crippen molar-refractivity contribution in [1.82, 2.24) is 4.98 Å². The Morgan fingerprint density at radius 2 is 2.04 bits per heavy atom. The summed E-state index contributed by atoms with van der Waals surface area (Å²) in [5.41, 5.74) is 1.11. The Kier molecular flexibility index (Phi) is 5.25. The summed E-state index contributed by atoms with van der Waals surface area (Å²) in [7, 11) is 1.64. The standard InChI is InChI=1S/C18H21N3O4/c1-13-10-20(11-15(25-13)12-24-2)17-9-8-16(21(22)23)18(19-17)14-6-4-3-5-7-14/h3-9,13,15H,10-12H2,1-2H3. The van der Waals surface area contributed by atoms with Crippen LogP contribution in [0.5, 0.6) is 0 Å². The Balaban J connectivity index is 1.96. The Labute approximate surface area is 146 Å². The van der Waals surface area contributed by atoms with Gasteiger partial charge in [-0.2, -0.15) is 0 Å². The molecule has 0 bridgehead atoms. The van der Waals surface area contributed by atoms with Crippen molar-refractivity contribution in [1.29, 1.82) is 0 Å². The van der Waals surface area contributed by atoms with Crippen molar-refractivity contribution in [2.75, 3.05) is 31.7 Å². The van der Waals surface area contributed by atoms with Gasteiger partial charge in [-0.05, 0) is 13.0 Å². The zero-order valence-corrected chi connectivity index (χ0v) is 14.3. The summed E-state index contributed by atoms with van der Waals surface area (Å²) >= 11 is 0. The monoisotopic (exact) mass is 343 g/mol. The predicted octanol–water partition coefficient (Wildman–Crippen LogP) is 2.90. The van der Waals surface area contributed by atoms with Crippen molar-refractivity contribution >= 4 is 11.5 Å². The summed E-state index contributed by atoms with van der Waals surface area (Å²) in [4.78, 5) is 17.7. The highest BCUT2D eigenvalue weighted by Crippen LogP contribution is 2.31. The summed E-state index contributed by atoms with van der Waals surface area (Å²) in [6, 6.07) is 12.4. The molecule has 25 heavy (non-hydrogen) atoms. The summed E-state index contributed by atoms with van der Waals surface area (Å²) in [5, 5.41) is 11.4. The number of benzene rings is 1. The predicted molar refractivity (Wildman–Crippen MR) is 94.8 cm³/mol. The second-order valence-electron chi connectivity index (χ2n) is 6.09. The normalized spacial score (nSPS) is 20.5. The Hall–Kier alpha value is -2.51. The Morgan fingerprint density at radius 3 is 2.72 bits per heavy atom. The van der Waals surface area contributed by atoms with E-state index in [1.165, 1.54) is 6.07 Å². The molecule has 2 unspecified atom stereocenters. The van der Waals surface area contributed by atoms with E-state index in [1.54, 1.807) is 13.2 Å². The molecule has 7 heteroatoms. The quantitative estimate of drug-likeness (QED) is 0.614. The van der Waals surface area contributed by atoms with Crippen LogP contribution < -0.4 is 4.90 Å². The maximum absolute atomic E-state index is 11.4. The highest BCUT2D eigenvalue weighted by molar-refractivity contribution is 5.71. The van der Waals surface area contributed by atoms with E-state index in [0.29, 0.717) is 31.2 Å². The van der Waals surface area contributed by atoms with E-state index in [9.17, 15) is 10.1 Å². The molecular weight excluding hydrogens is 322 g/mol. The zero-order valence-electron chi connectivity index (χ0n) is 14.3. The summed E-state index contributed by atoms with van der Waals surface area (Å²) in [6.45, 7) is 3.81. The molecule has 1 aromatic carbocycles. The van der Waals surface area contributed by atoms with Crippen LogP contribution in [0, 0.1) is 10.1 Å². The zero-order chi connectivity index (χ0) is 17.8. The van der Waals surface area contributed by atoms with Crippen LogP contribution in [0.15, 0.2) is 42.5 Å².